The van der Waals surface area contributed by atoms with Crippen LogP contribution in [0.1, 0.15) is 18.5 Å². The van der Waals surface area contributed by atoms with Crippen LogP contribution in [0.25, 0.3) is 0 Å². The third-order valence-electron chi connectivity index (χ3n) is 3.69. The normalized spacial score (nSPS) is 14.2. The first-order valence-electron chi connectivity index (χ1n) is 7.84. The van der Waals surface area contributed by atoms with Crippen molar-refractivity contribution in [2.45, 2.75) is 22.9 Å². The van der Waals surface area contributed by atoms with Crippen molar-refractivity contribution in [3.05, 3.63) is 41.4 Å². The molecule has 0 bridgehead atoms. The van der Waals surface area contributed by atoms with E-state index in [0.717, 1.165) is 44.8 Å². The molecule has 1 fully saturated rings. The van der Waals surface area contributed by atoms with Gasteiger partial charge in [0, 0.05) is 29.9 Å². The van der Waals surface area contributed by atoms with Crippen LogP contribution in [0.3, 0.4) is 0 Å². The second-order valence-corrected chi connectivity index (χ2v) is 8.50. The van der Waals surface area contributed by atoms with Crippen LogP contribution in [0.4, 0.5) is 16.0 Å². The number of rotatable bonds is 6. The van der Waals surface area contributed by atoms with E-state index >= 15 is 0 Å². The lowest BCUT2D eigenvalue weighted by Crippen LogP contribution is -2.17. The van der Waals surface area contributed by atoms with Crippen LogP contribution in [0.2, 0.25) is 0 Å². The third kappa shape index (κ3) is 3.88. The van der Waals surface area contributed by atoms with Crippen molar-refractivity contribution in [2.75, 3.05) is 23.3 Å². The quantitative estimate of drug-likeness (QED) is 0.634. The monoisotopic (exact) mass is 375 g/mol. The second kappa shape index (κ2) is 7.50. The van der Waals surface area contributed by atoms with Crippen LogP contribution >= 0.6 is 34.4 Å². The van der Waals surface area contributed by atoms with E-state index in [1.54, 1.807) is 34.4 Å². The molecule has 2 aromatic heterocycles. The zero-order chi connectivity index (χ0) is 16.2. The van der Waals surface area contributed by atoms with Gasteiger partial charge in [0.25, 0.3) is 0 Å². The first kappa shape index (κ1) is 15.9. The van der Waals surface area contributed by atoms with Crippen LogP contribution in [0.15, 0.2) is 40.1 Å². The molecule has 1 aliphatic rings. The number of anilines is 3. The largest absolute Gasteiger partial charge is 0.347 e. The minimum absolute atomic E-state index is 0.821. The standard InChI is InChI=1S/C16H17N5S3/c1-2-6-12(7-3-1)17-14-18-13(10-22-14)11-23-16-20-19-15(24-16)21-8-4-5-9-21/h1-3,6-7,10H,4-5,8-9,11H2,(H,17,18). The summed E-state index contributed by atoms with van der Waals surface area (Å²) in [7, 11) is 0. The fraction of sp³-hybridized carbons (Fsp3) is 0.312. The van der Waals surface area contributed by atoms with Crippen molar-refractivity contribution in [1.29, 1.82) is 0 Å². The molecule has 8 heteroatoms. The summed E-state index contributed by atoms with van der Waals surface area (Å²) in [5, 5.41) is 16.0. The average molecular weight is 376 g/mol. The lowest BCUT2D eigenvalue weighted by molar-refractivity contribution is 0.912. The molecule has 0 radical (unpaired) electrons. The number of aromatic nitrogens is 3. The van der Waals surface area contributed by atoms with E-state index in [-0.39, 0.29) is 0 Å². The van der Waals surface area contributed by atoms with E-state index in [1.807, 2.05) is 30.3 Å². The maximum Gasteiger partial charge on any atom is 0.209 e. The van der Waals surface area contributed by atoms with Crippen molar-refractivity contribution < 1.29 is 0 Å². The molecule has 0 atom stereocenters. The summed E-state index contributed by atoms with van der Waals surface area (Å²) in [4.78, 5) is 6.96. The van der Waals surface area contributed by atoms with Gasteiger partial charge in [0.05, 0.1) is 5.69 Å². The van der Waals surface area contributed by atoms with E-state index in [0.29, 0.717) is 0 Å². The Bertz CT molecular complexity index is 780. The maximum absolute atomic E-state index is 4.64. The summed E-state index contributed by atoms with van der Waals surface area (Å²) < 4.78 is 1.02. The lowest BCUT2D eigenvalue weighted by atomic mass is 10.3. The van der Waals surface area contributed by atoms with Gasteiger partial charge in [-0.3, -0.25) is 0 Å². The summed E-state index contributed by atoms with van der Waals surface area (Å²) in [6.07, 6.45) is 2.52. The summed E-state index contributed by atoms with van der Waals surface area (Å²) in [5.74, 6) is 0.821. The zero-order valence-corrected chi connectivity index (χ0v) is 15.5. The Hall–Kier alpha value is -1.64. The van der Waals surface area contributed by atoms with Gasteiger partial charge in [-0.05, 0) is 25.0 Å². The molecular formula is C16H17N5S3. The predicted molar refractivity (Wildman–Crippen MR) is 103 cm³/mol. The molecule has 0 spiro atoms. The summed E-state index contributed by atoms with van der Waals surface area (Å²) >= 11 is 5.02. The minimum atomic E-state index is 0.821. The van der Waals surface area contributed by atoms with Gasteiger partial charge in [-0.1, -0.05) is 41.3 Å². The van der Waals surface area contributed by atoms with Gasteiger partial charge in [0.15, 0.2) is 9.47 Å². The Morgan fingerprint density at radius 1 is 1.12 bits per heavy atom. The van der Waals surface area contributed by atoms with Gasteiger partial charge in [0.1, 0.15) is 0 Å². The fourth-order valence-corrected chi connectivity index (χ4v) is 5.13. The van der Waals surface area contributed by atoms with Crippen molar-refractivity contribution in [3.63, 3.8) is 0 Å². The molecule has 4 rings (SSSR count). The highest BCUT2D eigenvalue weighted by Crippen LogP contribution is 2.32. The van der Waals surface area contributed by atoms with Crippen molar-refractivity contribution in [1.82, 2.24) is 15.2 Å². The molecule has 3 aromatic rings. The molecule has 24 heavy (non-hydrogen) atoms. The number of para-hydroxylation sites is 1. The highest BCUT2D eigenvalue weighted by molar-refractivity contribution is 8.00. The van der Waals surface area contributed by atoms with Crippen molar-refractivity contribution in [2.24, 2.45) is 0 Å². The summed E-state index contributed by atoms with van der Waals surface area (Å²) in [5.41, 5.74) is 2.13. The number of benzene rings is 1. The van der Waals surface area contributed by atoms with Gasteiger partial charge in [-0.25, -0.2) is 4.98 Å². The van der Waals surface area contributed by atoms with Crippen molar-refractivity contribution >= 4 is 50.4 Å². The lowest BCUT2D eigenvalue weighted by Gasteiger charge is -2.10. The van der Waals surface area contributed by atoms with Gasteiger partial charge in [-0.2, -0.15) is 0 Å². The molecule has 0 saturated carbocycles. The highest BCUT2D eigenvalue weighted by Gasteiger charge is 2.17. The van der Waals surface area contributed by atoms with E-state index in [1.165, 1.54) is 12.8 Å². The first-order valence-corrected chi connectivity index (χ1v) is 10.5. The summed E-state index contributed by atoms with van der Waals surface area (Å²) in [6.45, 7) is 2.22. The number of hydrogen-bond donors (Lipinski definition) is 1. The molecule has 3 heterocycles. The topological polar surface area (TPSA) is 53.9 Å². The van der Waals surface area contributed by atoms with Gasteiger partial charge >= 0.3 is 0 Å². The second-order valence-electron chi connectivity index (χ2n) is 5.47. The van der Waals surface area contributed by atoms with Gasteiger partial charge in [-0.15, -0.1) is 21.5 Å². The van der Waals surface area contributed by atoms with Crippen LogP contribution in [0.5, 0.6) is 0 Å². The van der Waals surface area contributed by atoms with Gasteiger partial charge in [0.2, 0.25) is 5.13 Å². The Morgan fingerprint density at radius 3 is 2.79 bits per heavy atom. The molecule has 124 valence electrons. The Balaban J connectivity index is 1.33. The highest BCUT2D eigenvalue weighted by atomic mass is 32.2. The van der Waals surface area contributed by atoms with E-state index < -0.39 is 0 Å². The van der Waals surface area contributed by atoms with Crippen molar-refractivity contribution in [3.8, 4) is 0 Å². The Labute approximate surface area is 153 Å². The predicted octanol–water partition coefficient (Wildman–Crippen LogP) is 4.63. The zero-order valence-electron chi connectivity index (χ0n) is 13.0. The Morgan fingerprint density at radius 2 is 1.96 bits per heavy atom. The van der Waals surface area contributed by atoms with Gasteiger partial charge < -0.3 is 10.2 Å². The smallest absolute Gasteiger partial charge is 0.209 e. The molecule has 1 saturated heterocycles. The number of nitrogens with zero attached hydrogens (tertiary/aromatic N) is 4. The summed E-state index contributed by atoms with van der Waals surface area (Å²) in [6, 6.07) is 10.1. The van der Waals surface area contributed by atoms with Crippen LogP contribution in [-0.2, 0) is 5.75 Å². The molecule has 0 amide bonds. The molecular weight excluding hydrogens is 358 g/mol. The van der Waals surface area contributed by atoms with Crippen LogP contribution in [0, 0.1) is 0 Å². The molecule has 1 aromatic carbocycles. The number of thiazole rings is 1. The van der Waals surface area contributed by atoms with E-state index in [4.69, 9.17) is 0 Å². The number of thioether (sulfide) groups is 1. The number of nitrogens with one attached hydrogen (secondary N) is 1. The fourth-order valence-electron chi connectivity index (χ4n) is 2.51. The molecule has 0 aliphatic carbocycles. The molecule has 1 N–H and O–H groups in total. The molecule has 1 aliphatic heterocycles. The first-order chi connectivity index (χ1) is 11.9. The minimum Gasteiger partial charge on any atom is -0.347 e. The number of hydrogen-bond acceptors (Lipinski definition) is 8. The average Bonchev–Trinajstić information content (AvgIpc) is 3.35. The van der Waals surface area contributed by atoms with Crippen LogP contribution in [-0.4, -0.2) is 28.3 Å². The third-order valence-corrected chi connectivity index (χ3v) is 6.65. The van der Waals surface area contributed by atoms with Crippen LogP contribution < -0.4 is 10.2 Å². The molecule has 0 unspecified atom stereocenters. The maximum atomic E-state index is 4.64. The van der Waals surface area contributed by atoms with E-state index in [9.17, 15) is 0 Å². The SMILES string of the molecule is c1ccc(Nc2nc(CSc3nnc(N4CCCC4)s3)cs2)cc1. The molecule has 5 nitrogen and oxygen atoms in total. The van der Waals surface area contributed by atoms with E-state index in [2.05, 4.69) is 30.8 Å². The Kier molecular flexibility index (Phi) is 4.96.